The molecular weight excluding hydrogens is 249 g/mol. The Hall–Kier alpha value is -1.91. The van der Waals surface area contributed by atoms with Gasteiger partial charge in [-0.2, -0.15) is 0 Å². The zero-order valence-corrected chi connectivity index (χ0v) is 11.0. The molecule has 2 N–H and O–H groups in total. The van der Waals surface area contributed by atoms with Crippen LogP contribution in [-0.2, 0) is 16.0 Å². The van der Waals surface area contributed by atoms with Crippen molar-refractivity contribution in [1.29, 1.82) is 0 Å². The molecule has 19 heavy (non-hydrogen) atoms. The van der Waals surface area contributed by atoms with Crippen LogP contribution in [0.1, 0.15) is 25.8 Å². The Kier molecular flexibility index (Phi) is 5.48. The number of carboxylic acids is 1. The van der Waals surface area contributed by atoms with Crippen LogP contribution in [0.4, 0.5) is 4.39 Å². The number of benzene rings is 1. The highest BCUT2D eigenvalue weighted by Gasteiger charge is 2.21. The van der Waals surface area contributed by atoms with Crippen molar-refractivity contribution in [2.45, 2.75) is 32.7 Å². The van der Waals surface area contributed by atoms with Gasteiger partial charge >= 0.3 is 5.97 Å². The minimum Gasteiger partial charge on any atom is -0.480 e. The number of amides is 1. The number of rotatable bonds is 6. The van der Waals surface area contributed by atoms with Crippen molar-refractivity contribution in [3.05, 3.63) is 35.6 Å². The third kappa shape index (κ3) is 5.07. The van der Waals surface area contributed by atoms with Crippen molar-refractivity contribution in [3.63, 3.8) is 0 Å². The molecular formula is C14H18FNO3. The second-order valence-corrected chi connectivity index (χ2v) is 4.85. The van der Waals surface area contributed by atoms with Gasteiger partial charge in [0.25, 0.3) is 0 Å². The van der Waals surface area contributed by atoms with E-state index in [-0.39, 0.29) is 30.2 Å². The van der Waals surface area contributed by atoms with Gasteiger partial charge in [-0.05, 0) is 17.5 Å². The van der Waals surface area contributed by atoms with Gasteiger partial charge in [0.1, 0.15) is 11.9 Å². The molecule has 0 aliphatic rings. The highest BCUT2D eigenvalue weighted by atomic mass is 19.1. The van der Waals surface area contributed by atoms with Gasteiger partial charge in [-0.15, -0.1) is 0 Å². The summed E-state index contributed by atoms with van der Waals surface area (Å²) in [6, 6.07) is 4.84. The summed E-state index contributed by atoms with van der Waals surface area (Å²) in [5, 5.41) is 11.5. The van der Waals surface area contributed by atoms with Crippen LogP contribution in [0.15, 0.2) is 24.3 Å². The molecule has 0 unspecified atom stereocenters. The van der Waals surface area contributed by atoms with Gasteiger partial charge in [0.05, 0.1) is 0 Å². The average molecular weight is 267 g/mol. The predicted molar refractivity (Wildman–Crippen MR) is 69.1 cm³/mol. The first-order chi connectivity index (χ1) is 8.90. The molecule has 104 valence electrons. The highest BCUT2D eigenvalue weighted by Crippen LogP contribution is 2.10. The van der Waals surface area contributed by atoms with Gasteiger partial charge in [-0.25, -0.2) is 9.18 Å². The summed E-state index contributed by atoms with van der Waals surface area (Å²) in [5.74, 6) is -1.83. The lowest BCUT2D eigenvalue weighted by molar-refractivity contribution is -0.141. The molecule has 1 amide bonds. The van der Waals surface area contributed by atoms with Crippen molar-refractivity contribution in [3.8, 4) is 0 Å². The van der Waals surface area contributed by atoms with Gasteiger partial charge < -0.3 is 10.4 Å². The van der Waals surface area contributed by atoms with Gasteiger partial charge in [-0.1, -0.05) is 32.0 Å². The van der Waals surface area contributed by atoms with Crippen molar-refractivity contribution in [1.82, 2.24) is 5.32 Å². The molecule has 0 aliphatic carbocycles. The van der Waals surface area contributed by atoms with Crippen molar-refractivity contribution < 1.29 is 19.1 Å². The zero-order valence-electron chi connectivity index (χ0n) is 11.0. The molecule has 0 saturated carbocycles. The van der Waals surface area contributed by atoms with E-state index in [0.29, 0.717) is 0 Å². The minimum absolute atomic E-state index is 0.0636. The largest absolute Gasteiger partial charge is 0.480 e. The number of carbonyl (C=O) groups excluding carboxylic acids is 1. The Morgan fingerprint density at radius 3 is 2.47 bits per heavy atom. The predicted octanol–water partition coefficient (Wildman–Crippen LogP) is 1.98. The second kappa shape index (κ2) is 6.87. The van der Waals surface area contributed by atoms with E-state index in [2.05, 4.69) is 5.32 Å². The lowest BCUT2D eigenvalue weighted by Gasteiger charge is -2.15. The van der Waals surface area contributed by atoms with Gasteiger partial charge in [0.2, 0.25) is 5.91 Å². The van der Waals surface area contributed by atoms with Crippen LogP contribution < -0.4 is 5.32 Å². The fourth-order valence-corrected chi connectivity index (χ4v) is 1.71. The lowest BCUT2D eigenvalue weighted by Crippen LogP contribution is -2.42. The zero-order chi connectivity index (χ0) is 14.4. The molecule has 0 fully saturated rings. The maximum Gasteiger partial charge on any atom is 0.326 e. The van der Waals surface area contributed by atoms with E-state index in [9.17, 15) is 14.0 Å². The molecule has 1 aromatic rings. The Morgan fingerprint density at radius 2 is 1.95 bits per heavy atom. The summed E-state index contributed by atoms with van der Waals surface area (Å²) >= 11 is 0. The molecule has 4 nitrogen and oxygen atoms in total. The van der Waals surface area contributed by atoms with Crippen LogP contribution in [0.5, 0.6) is 0 Å². The maximum absolute atomic E-state index is 13.5. The number of hydrogen-bond donors (Lipinski definition) is 2. The summed E-state index contributed by atoms with van der Waals surface area (Å²) < 4.78 is 13.5. The number of aliphatic carboxylic acids is 1. The van der Waals surface area contributed by atoms with E-state index in [1.807, 2.05) is 13.8 Å². The molecule has 0 spiro atoms. The standard InChI is InChI=1S/C14H18FNO3/c1-9(2)7-13(17)16-12(14(18)19)8-10-5-3-4-6-11(10)15/h3-6,9,12H,7-8H2,1-2H3,(H,16,17)(H,18,19)/t12-/m1/s1. The van der Waals surface area contributed by atoms with Crippen molar-refractivity contribution >= 4 is 11.9 Å². The molecule has 0 aromatic heterocycles. The van der Waals surface area contributed by atoms with E-state index in [1.165, 1.54) is 18.2 Å². The Labute approximate surface area is 111 Å². The van der Waals surface area contributed by atoms with Crippen molar-refractivity contribution in [2.75, 3.05) is 0 Å². The van der Waals surface area contributed by atoms with Crippen LogP contribution in [0, 0.1) is 11.7 Å². The summed E-state index contributed by atoms with van der Waals surface area (Å²) in [6.07, 6.45) is 0.187. The quantitative estimate of drug-likeness (QED) is 0.828. The third-order valence-electron chi connectivity index (χ3n) is 2.61. The SMILES string of the molecule is CC(C)CC(=O)N[C@H](Cc1ccccc1F)C(=O)O. The van der Waals surface area contributed by atoms with Crippen LogP contribution in [0.3, 0.4) is 0 Å². The third-order valence-corrected chi connectivity index (χ3v) is 2.61. The lowest BCUT2D eigenvalue weighted by atomic mass is 10.0. The Balaban J connectivity index is 2.71. The van der Waals surface area contributed by atoms with Crippen LogP contribution in [-0.4, -0.2) is 23.0 Å². The van der Waals surface area contributed by atoms with Gasteiger partial charge in [0, 0.05) is 12.8 Å². The van der Waals surface area contributed by atoms with E-state index in [0.717, 1.165) is 0 Å². The number of nitrogens with one attached hydrogen (secondary N) is 1. The first-order valence-corrected chi connectivity index (χ1v) is 6.15. The number of carbonyl (C=O) groups is 2. The van der Waals surface area contributed by atoms with Gasteiger partial charge in [-0.3, -0.25) is 4.79 Å². The number of hydrogen-bond acceptors (Lipinski definition) is 2. The van der Waals surface area contributed by atoms with Crippen LogP contribution in [0.2, 0.25) is 0 Å². The smallest absolute Gasteiger partial charge is 0.326 e. The molecule has 1 atom stereocenters. The van der Waals surface area contributed by atoms with Crippen LogP contribution >= 0.6 is 0 Å². The van der Waals surface area contributed by atoms with Gasteiger partial charge in [0.15, 0.2) is 0 Å². The van der Waals surface area contributed by atoms with Crippen LogP contribution in [0.25, 0.3) is 0 Å². The molecule has 0 bridgehead atoms. The maximum atomic E-state index is 13.5. The molecule has 0 heterocycles. The fraction of sp³-hybridized carbons (Fsp3) is 0.429. The normalized spacial score (nSPS) is 12.2. The summed E-state index contributed by atoms with van der Waals surface area (Å²) in [5.41, 5.74) is 0.278. The molecule has 0 saturated heterocycles. The summed E-state index contributed by atoms with van der Waals surface area (Å²) in [7, 11) is 0. The van der Waals surface area contributed by atoms with E-state index in [1.54, 1.807) is 6.07 Å². The average Bonchev–Trinajstić information content (AvgIpc) is 2.29. The first kappa shape index (κ1) is 15.1. The molecule has 0 aliphatic heterocycles. The molecule has 1 rings (SSSR count). The monoisotopic (exact) mass is 267 g/mol. The first-order valence-electron chi connectivity index (χ1n) is 6.15. The fourth-order valence-electron chi connectivity index (χ4n) is 1.71. The number of carboxylic acid groups (broad SMARTS) is 1. The minimum atomic E-state index is -1.17. The second-order valence-electron chi connectivity index (χ2n) is 4.85. The molecule has 1 aromatic carbocycles. The summed E-state index contributed by atoms with van der Waals surface area (Å²) in [4.78, 5) is 22.7. The Bertz CT molecular complexity index is 460. The van der Waals surface area contributed by atoms with E-state index >= 15 is 0 Å². The molecule has 0 radical (unpaired) electrons. The topological polar surface area (TPSA) is 66.4 Å². The van der Waals surface area contributed by atoms with E-state index in [4.69, 9.17) is 5.11 Å². The van der Waals surface area contributed by atoms with E-state index < -0.39 is 17.8 Å². The van der Waals surface area contributed by atoms with Crippen molar-refractivity contribution in [2.24, 2.45) is 5.92 Å². The highest BCUT2D eigenvalue weighted by molar-refractivity contribution is 5.83. The molecule has 5 heteroatoms. The number of halogens is 1. The Morgan fingerprint density at radius 1 is 1.32 bits per heavy atom. The summed E-state index contributed by atoms with van der Waals surface area (Å²) in [6.45, 7) is 3.73.